The van der Waals surface area contributed by atoms with Crippen molar-refractivity contribution in [3.8, 4) is 17.2 Å². The van der Waals surface area contributed by atoms with Gasteiger partial charge in [-0.15, -0.1) is 0 Å². The Hall–Kier alpha value is -1.92. The van der Waals surface area contributed by atoms with Crippen molar-refractivity contribution in [1.82, 2.24) is 20.4 Å². The Morgan fingerprint density at radius 3 is 2.72 bits per heavy atom. The Morgan fingerprint density at radius 2 is 1.96 bits per heavy atom. The molecule has 0 amide bonds. The molecule has 1 saturated carbocycles. The summed E-state index contributed by atoms with van der Waals surface area (Å²) >= 11 is 0. The first-order valence-electron chi connectivity index (χ1n) is 9.31. The maximum absolute atomic E-state index is 6.08. The van der Waals surface area contributed by atoms with Crippen LogP contribution in [0.5, 0.6) is 5.75 Å². The molecule has 1 aliphatic heterocycles. The summed E-state index contributed by atoms with van der Waals surface area (Å²) < 4.78 is 11.6. The van der Waals surface area contributed by atoms with Crippen LogP contribution < -0.4 is 10.1 Å². The second kappa shape index (κ2) is 7.54. The summed E-state index contributed by atoms with van der Waals surface area (Å²) in [5, 5.41) is 7.56. The SMILES string of the molecule is CN1CCNCC1c1noc(-c2ccc(OC3CCCCC3)cc2)n1. The molecule has 6 nitrogen and oxygen atoms in total. The molecule has 1 saturated heterocycles. The van der Waals surface area contributed by atoms with E-state index in [1.54, 1.807) is 0 Å². The van der Waals surface area contributed by atoms with Crippen molar-refractivity contribution in [2.24, 2.45) is 0 Å². The zero-order valence-corrected chi connectivity index (χ0v) is 14.8. The van der Waals surface area contributed by atoms with E-state index in [4.69, 9.17) is 9.26 Å². The van der Waals surface area contributed by atoms with Crippen molar-refractivity contribution in [2.75, 3.05) is 26.7 Å². The fraction of sp³-hybridized carbons (Fsp3) is 0.579. The first kappa shape index (κ1) is 16.5. The van der Waals surface area contributed by atoms with E-state index in [1.165, 1.54) is 19.3 Å². The normalized spacial score (nSPS) is 22.8. The second-order valence-corrected chi connectivity index (χ2v) is 7.06. The number of rotatable bonds is 4. The second-order valence-electron chi connectivity index (χ2n) is 7.06. The minimum Gasteiger partial charge on any atom is -0.490 e. The number of nitrogens with one attached hydrogen (secondary N) is 1. The molecule has 6 heteroatoms. The van der Waals surface area contributed by atoms with Crippen LogP contribution in [0.1, 0.15) is 44.0 Å². The average Bonchev–Trinajstić information content (AvgIpc) is 3.13. The minimum atomic E-state index is 0.167. The molecule has 1 atom stereocenters. The molecule has 4 rings (SSSR count). The van der Waals surface area contributed by atoms with Crippen molar-refractivity contribution >= 4 is 0 Å². The Labute approximate surface area is 148 Å². The van der Waals surface area contributed by atoms with Crippen molar-refractivity contribution in [3.63, 3.8) is 0 Å². The third kappa shape index (κ3) is 3.85. The molecule has 0 radical (unpaired) electrons. The lowest BCUT2D eigenvalue weighted by Crippen LogP contribution is -2.44. The Bertz CT molecular complexity index is 679. The molecule has 1 aliphatic carbocycles. The van der Waals surface area contributed by atoms with Crippen LogP contribution in [0.25, 0.3) is 11.5 Å². The average molecular weight is 342 g/mol. The molecule has 2 heterocycles. The maximum Gasteiger partial charge on any atom is 0.257 e. The number of hydrogen-bond acceptors (Lipinski definition) is 6. The van der Waals surface area contributed by atoms with Crippen LogP contribution in [-0.4, -0.2) is 47.8 Å². The molecule has 1 aromatic carbocycles. The predicted octanol–water partition coefficient (Wildman–Crippen LogP) is 3.02. The van der Waals surface area contributed by atoms with Gasteiger partial charge in [0, 0.05) is 25.2 Å². The maximum atomic E-state index is 6.08. The molecular weight excluding hydrogens is 316 g/mol. The van der Waals surface area contributed by atoms with E-state index >= 15 is 0 Å². The van der Waals surface area contributed by atoms with Crippen molar-refractivity contribution in [3.05, 3.63) is 30.1 Å². The summed E-state index contributed by atoms with van der Waals surface area (Å²) in [6, 6.07) is 8.17. The summed E-state index contributed by atoms with van der Waals surface area (Å²) in [7, 11) is 2.10. The van der Waals surface area contributed by atoms with Gasteiger partial charge in [-0.2, -0.15) is 4.98 Å². The number of benzene rings is 1. The smallest absolute Gasteiger partial charge is 0.257 e. The van der Waals surface area contributed by atoms with Gasteiger partial charge >= 0.3 is 0 Å². The fourth-order valence-electron chi connectivity index (χ4n) is 3.63. The lowest BCUT2D eigenvalue weighted by atomic mass is 9.98. The summed E-state index contributed by atoms with van der Waals surface area (Å²) in [6.07, 6.45) is 6.58. The van der Waals surface area contributed by atoms with Gasteiger partial charge in [0.05, 0.1) is 12.1 Å². The quantitative estimate of drug-likeness (QED) is 0.921. The van der Waals surface area contributed by atoms with Crippen molar-refractivity contribution in [1.29, 1.82) is 0 Å². The Balaban J connectivity index is 1.43. The number of aromatic nitrogens is 2. The number of piperazine rings is 1. The van der Waals surface area contributed by atoms with Gasteiger partial charge in [0.25, 0.3) is 5.89 Å². The third-order valence-corrected chi connectivity index (χ3v) is 5.21. The van der Waals surface area contributed by atoms with E-state index in [9.17, 15) is 0 Å². The van der Waals surface area contributed by atoms with Gasteiger partial charge < -0.3 is 14.6 Å². The van der Waals surface area contributed by atoms with E-state index in [2.05, 4.69) is 27.4 Å². The molecule has 0 bridgehead atoms. The molecule has 1 N–H and O–H groups in total. The van der Waals surface area contributed by atoms with Gasteiger partial charge in [0.1, 0.15) is 5.75 Å². The highest BCUT2D eigenvalue weighted by Gasteiger charge is 2.25. The van der Waals surface area contributed by atoms with E-state index < -0.39 is 0 Å². The van der Waals surface area contributed by atoms with E-state index in [1.807, 2.05) is 24.3 Å². The fourth-order valence-corrected chi connectivity index (χ4v) is 3.63. The first-order valence-corrected chi connectivity index (χ1v) is 9.31. The van der Waals surface area contributed by atoms with Gasteiger partial charge in [0.15, 0.2) is 5.82 Å². The Morgan fingerprint density at radius 1 is 1.16 bits per heavy atom. The third-order valence-electron chi connectivity index (χ3n) is 5.21. The molecule has 0 spiro atoms. The number of nitrogens with zero attached hydrogens (tertiary/aromatic N) is 3. The highest BCUT2D eigenvalue weighted by molar-refractivity contribution is 5.54. The number of hydrogen-bond donors (Lipinski definition) is 1. The van der Waals surface area contributed by atoms with E-state index in [0.717, 1.165) is 49.6 Å². The molecule has 1 unspecified atom stereocenters. The lowest BCUT2D eigenvalue weighted by Gasteiger charge is -2.30. The molecule has 1 aromatic heterocycles. The molecule has 134 valence electrons. The van der Waals surface area contributed by atoms with Gasteiger partial charge in [-0.05, 0) is 57.0 Å². The van der Waals surface area contributed by atoms with Gasteiger partial charge in [-0.3, -0.25) is 4.90 Å². The largest absolute Gasteiger partial charge is 0.490 e. The number of ether oxygens (including phenoxy) is 1. The lowest BCUT2D eigenvalue weighted by molar-refractivity contribution is 0.155. The van der Waals surface area contributed by atoms with Crippen LogP contribution >= 0.6 is 0 Å². The molecule has 2 aliphatic rings. The zero-order valence-electron chi connectivity index (χ0n) is 14.8. The van der Waals surface area contributed by atoms with Crippen LogP contribution in [0, 0.1) is 0 Å². The molecule has 25 heavy (non-hydrogen) atoms. The standard InChI is InChI=1S/C19H26N4O2/c1-23-12-11-20-13-17(23)18-21-19(25-22-18)14-7-9-16(10-8-14)24-15-5-3-2-4-6-15/h7-10,15,17,20H,2-6,11-13H2,1H3. The Kier molecular flexibility index (Phi) is 4.99. The first-order chi connectivity index (χ1) is 12.3. The summed E-state index contributed by atoms with van der Waals surface area (Å²) in [6.45, 7) is 2.84. The molecule has 2 aromatic rings. The van der Waals surface area contributed by atoms with Gasteiger partial charge in [-0.25, -0.2) is 0 Å². The van der Waals surface area contributed by atoms with Gasteiger partial charge in [0.2, 0.25) is 0 Å². The van der Waals surface area contributed by atoms with Crippen LogP contribution in [0.4, 0.5) is 0 Å². The van der Waals surface area contributed by atoms with Crippen LogP contribution in [0.15, 0.2) is 28.8 Å². The summed E-state index contributed by atoms with van der Waals surface area (Å²) in [5.74, 6) is 2.23. The van der Waals surface area contributed by atoms with Gasteiger partial charge in [-0.1, -0.05) is 11.6 Å². The summed E-state index contributed by atoms with van der Waals surface area (Å²) in [5.41, 5.74) is 0.932. The van der Waals surface area contributed by atoms with E-state index in [0.29, 0.717) is 12.0 Å². The predicted molar refractivity (Wildman–Crippen MR) is 95.5 cm³/mol. The number of likely N-dealkylation sites (N-methyl/N-ethyl adjacent to an activating group) is 1. The van der Waals surface area contributed by atoms with Crippen LogP contribution in [-0.2, 0) is 0 Å². The minimum absolute atomic E-state index is 0.167. The topological polar surface area (TPSA) is 63.4 Å². The monoisotopic (exact) mass is 342 g/mol. The van der Waals surface area contributed by atoms with Crippen LogP contribution in [0.3, 0.4) is 0 Å². The summed E-state index contributed by atoms with van der Waals surface area (Å²) in [4.78, 5) is 6.86. The zero-order chi connectivity index (χ0) is 17.1. The molecule has 2 fully saturated rings. The molecular formula is C19H26N4O2. The highest BCUT2D eigenvalue weighted by atomic mass is 16.5. The van der Waals surface area contributed by atoms with Crippen molar-refractivity contribution < 1.29 is 9.26 Å². The highest BCUT2D eigenvalue weighted by Crippen LogP contribution is 2.27. The van der Waals surface area contributed by atoms with E-state index in [-0.39, 0.29) is 6.04 Å². The van der Waals surface area contributed by atoms with Crippen molar-refractivity contribution in [2.45, 2.75) is 44.2 Å². The van der Waals surface area contributed by atoms with Crippen LogP contribution in [0.2, 0.25) is 0 Å².